The second kappa shape index (κ2) is 8.27. The third-order valence-electron chi connectivity index (χ3n) is 5.24. The molecule has 1 aromatic carbocycles. The SMILES string of the molecule is CN(Cc1ccco1)S(=O)(=O)c1ccc(C(=O)Nc2nc3c(s2)C(=O)CC(C)(C)C3)cc1. The quantitative estimate of drug-likeness (QED) is 0.580. The summed E-state index contributed by atoms with van der Waals surface area (Å²) in [4.78, 5) is 30.1. The van der Waals surface area contributed by atoms with Crippen LogP contribution in [0, 0.1) is 5.41 Å². The predicted molar refractivity (Wildman–Crippen MR) is 120 cm³/mol. The van der Waals surface area contributed by atoms with Crippen LogP contribution in [0.1, 0.15) is 51.8 Å². The number of hydrogen-bond donors (Lipinski definition) is 1. The molecule has 32 heavy (non-hydrogen) atoms. The van der Waals surface area contributed by atoms with Crippen molar-refractivity contribution in [3.63, 3.8) is 0 Å². The zero-order valence-corrected chi connectivity index (χ0v) is 19.5. The number of Topliss-reactive ketones (excluding diaryl/α,β-unsaturated/α-hetero) is 1. The molecule has 2 aromatic heterocycles. The molecule has 1 aliphatic carbocycles. The van der Waals surface area contributed by atoms with Crippen LogP contribution in [0.2, 0.25) is 0 Å². The first-order valence-corrected chi connectivity index (χ1v) is 12.2. The number of hydrogen-bond acceptors (Lipinski definition) is 7. The number of anilines is 1. The molecule has 0 bridgehead atoms. The number of amides is 1. The van der Waals surface area contributed by atoms with Gasteiger partial charge in [0.25, 0.3) is 5.91 Å². The van der Waals surface area contributed by atoms with E-state index in [2.05, 4.69) is 10.3 Å². The van der Waals surface area contributed by atoms with Crippen LogP contribution >= 0.6 is 11.3 Å². The number of furan rings is 1. The largest absolute Gasteiger partial charge is 0.468 e. The second-order valence-electron chi connectivity index (χ2n) is 8.55. The van der Waals surface area contributed by atoms with Crippen LogP contribution in [0.25, 0.3) is 0 Å². The number of nitrogens with one attached hydrogen (secondary N) is 1. The van der Waals surface area contributed by atoms with Gasteiger partial charge in [-0.3, -0.25) is 14.9 Å². The van der Waals surface area contributed by atoms with Crippen molar-refractivity contribution in [3.8, 4) is 0 Å². The summed E-state index contributed by atoms with van der Waals surface area (Å²) in [5.41, 5.74) is 0.857. The first kappa shape index (κ1) is 22.4. The lowest BCUT2D eigenvalue weighted by molar-refractivity contribution is 0.0915. The van der Waals surface area contributed by atoms with E-state index >= 15 is 0 Å². The summed E-state index contributed by atoms with van der Waals surface area (Å²) in [5, 5.41) is 3.08. The normalized spacial score (nSPS) is 15.6. The predicted octanol–water partition coefficient (Wildman–Crippen LogP) is 3.96. The molecule has 1 N–H and O–H groups in total. The van der Waals surface area contributed by atoms with Gasteiger partial charge in [-0.1, -0.05) is 25.2 Å². The number of carbonyl (C=O) groups is 2. The van der Waals surface area contributed by atoms with E-state index in [1.165, 1.54) is 53.2 Å². The molecule has 0 unspecified atom stereocenters. The minimum absolute atomic E-state index is 0.0440. The van der Waals surface area contributed by atoms with Gasteiger partial charge in [-0.2, -0.15) is 4.31 Å². The first-order valence-electron chi connectivity index (χ1n) is 9.98. The highest BCUT2D eigenvalue weighted by Gasteiger charge is 2.34. The highest BCUT2D eigenvalue weighted by Crippen LogP contribution is 2.38. The van der Waals surface area contributed by atoms with Crippen LogP contribution in [0.5, 0.6) is 0 Å². The fourth-order valence-electron chi connectivity index (χ4n) is 3.61. The highest BCUT2D eigenvalue weighted by molar-refractivity contribution is 7.89. The Balaban J connectivity index is 1.46. The molecule has 0 atom stereocenters. The Hall–Kier alpha value is -2.82. The summed E-state index contributed by atoms with van der Waals surface area (Å²) in [6.45, 7) is 4.14. The van der Waals surface area contributed by atoms with E-state index in [0.29, 0.717) is 34.3 Å². The first-order chi connectivity index (χ1) is 15.0. The fourth-order valence-corrected chi connectivity index (χ4v) is 5.66. The van der Waals surface area contributed by atoms with E-state index in [0.717, 1.165) is 0 Å². The van der Waals surface area contributed by atoms with Crippen molar-refractivity contribution in [1.82, 2.24) is 9.29 Å². The Morgan fingerprint density at radius 2 is 1.94 bits per heavy atom. The van der Waals surface area contributed by atoms with Crippen molar-refractivity contribution in [2.75, 3.05) is 12.4 Å². The van der Waals surface area contributed by atoms with Crippen LogP contribution in [0.3, 0.4) is 0 Å². The maximum Gasteiger partial charge on any atom is 0.257 e. The van der Waals surface area contributed by atoms with Gasteiger partial charge in [0.05, 0.1) is 28.3 Å². The molecule has 4 rings (SSSR count). The number of benzene rings is 1. The topological polar surface area (TPSA) is 110 Å². The monoisotopic (exact) mass is 473 g/mol. The van der Waals surface area contributed by atoms with Crippen LogP contribution in [-0.4, -0.2) is 36.4 Å². The van der Waals surface area contributed by atoms with Crippen LogP contribution in [0.15, 0.2) is 52.0 Å². The highest BCUT2D eigenvalue weighted by atomic mass is 32.2. The maximum atomic E-state index is 12.8. The number of carbonyl (C=O) groups excluding carboxylic acids is 2. The third kappa shape index (κ3) is 4.52. The molecule has 1 amide bonds. The summed E-state index contributed by atoms with van der Waals surface area (Å²) in [6.07, 6.45) is 2.62. The van der Waals surface area contributed by atoms with Crippen LogP contribution in [0.4, 0.5) is 5.13 Å². The van der Waals surface area contributed by atoms with Gasteiger partial charge in [0.15, 0.2) is 10.9 Å². The summed E-state index contributed by atoms with van der Waals surface area (Å²) in [7, 11) is -2.28. The molecule has 1 aliphatic rings. The van der Waals surface area contributed by atoms with E-state index in [1.54, 1.807) is 12.1 Å². The number of sulfonamides is 1. The molecule has 0 fully saturated rings. The van der Waals surface area contributed by atoms with Crippen molar-refractivity contribution in [3.05, 3.63) is 64.6 Å². The van der Waals surface area contributed by atoms with Crippen molar-refractivity contribution in [1.29, 1.82) is 0 Å². The summed E-state index contributed by atoms with van der Waals surface area (Å²) in [6, 6.07) is 9.07. The molecule has 0 saturated carbocycles. The number of rotatable bonds is 6. The zero-order chi connectivity index (χ0) is 23.1. The van der Waals surface area contributed by atoms with Crippen molar-refractivity contribution in [2.24, 2.45) is 5.41 Å². The molecule has 0 radical (unpaired) electrons. The number of fused-ring (bicyclic) bond motifs is 1. The minimum atomic E-state index is -3.74. The molecule has 10 heteroatoms. The Labute approximate surface area is 190 Å². The van der Waals surface area contributed by atoms with Gasteiger partial charge in [0, 0.05) is 19.0 Å². The lowest BCUT2D eigenvalue weighted by atomic mass is 9.78. The Kier molecular flexibility index (Phi) is 5.78. The molecule has 0 spiro atoms. The number of thiazole rings is 1. The zero-order valence-electron chi connectivity index (χ0n) is 17.9. The molecule has 8 nitrogen and oxygen atoms in total. The minimum Gasteiger partial charge on any atom is -0.468 e. The Bertz CT molecular complexity index is 1260. The molecule has 0 aliphatic heterocycles. The Morgan fingerprint density at radius 3 is 2.59 bits per heavy atom. The van der Waals surface area contributed by atoms with Gasteiger partial charge in [-0.05, 0) is 48.2 Å². The smallest absolute Gasteiger partial charge is 0.257 e. The standard InChI is InChI=1S/C22H23N3O5S2/c1-22(2)11-17-19(18(26)12-22)31-21(23-17)24-20(27)14-6-8-16(9-7-14)32(28,29)25(3)13-15-5-4-10-30-15/h4-10H,11-13H2,1-3H3,(H,23,24,27). The van der Waals surface area contributed by atoms with Gasteiger partial charge in [0.2, 0.25) is 10.0 Å². The van der Waals surface area contributed by atoms with Crippen molar-refractivity contribution >= 4 is 38.2 Å². The van der Waals surface area contributed by atoms with E-state index in [-0.39, 0.29) is 28.2 Å². The van der Waals surface area contributed by atoms with Gasteiger partial charge >= 0.3 is 0 Å². The second-order valence-corrected chi connectivity index (χ2v) is 11.6. The van der Waals surface area contributed by atoms with Crippen LogP contribution < -0.4 is 5.32 Å². The lowest BCUT2D eigenvalue weighted by Gasteiger charge is -2.26. The molecule has 0 saturated heterocycles. The molecular weight excluding hydrogens is 450 g/mol. The van der Waals surface area contributed by atoms with Crippen LogP contribution in [-0.2, 0) is 23.0 Å². The molecule has 2 heterocycles. The van der Waals surface area contributed by atoms with Crippen molar-refractivity contribution in [2.45, 2.75) is 38.1 Å². The van der Waals surface area contributed by atoms with Gasteiger partial charge in [0.1, 0.15) is 5.76 Å². The number of ketones is 1. The average Bonchev–Trinajstić information content (AvgIpc) is 3.36. The Morgan fingerprint density at radius 1 is 1.22 bits per heavy atom. The molecule has 3 aromatic rings. The van der Waals surface area contributed by atoms with E-state index in [9.17, 15) is 18.0 Å². The van der Waals surface area contributed by atoms with Gasteiger partial charge < -0.3 is 4.42 Å². The number of nitrogens with zero attached hydrogens (tertiary/aromatic N) is 2. The maximum absolute atomic E-state index is 12.8. The summed E-state index contributed by atoms with van der Waals surface area (Å²) < 4.78 is 31.9. The molecule has 168 valence electrons. The third-order valence-corrected chi connectivity index (χ3v) is 8.11. The fraction of sp³-hybridized carbons (Fsp3) is 0.318. The number of aromatic nitrogens is 1. The van der Waals surface area contributed by atoms with Crippen molar-refractivity contribution < 1.29 is 22.4 Å². The summed E-state index contributed by atoms with van der Waals surface area (Å²) >= 11 is 1.18. The lowest BCUT2D eigenvalue weighted by Crippen LogP contribution is -2.26. The van der Waals surface area contributed by atoms with Gasteiger partial charge in [-0.25, -0.2) is 13.4 Å². The summed E-state index contributed by atoms with van der Waals surface area (Å²) in [5.74, 6) is 0.151. The average molecular weight is 474 g/mol. The van der Waals surface area contributed by atoms with E-state index in [4.69, 9.17) is 4.42 Å². The molecular formula is C22H23N3O5S2. The van der Waals surface area contributed by atoms with E-state index in [1.807, 2.05) is 13.8 Å². The van der Waals surface area contributed by atoms with Gasteiger partial charge in [-0.15, -0.1) is 0 Å². The van der Waals surface area contributed by atoms with E-state index < -0.39 is 15.9 Å².